The van der Waals surface area contributed by atoms with Crippen molar-refractivity contribution in [3.05, 3.63) is 46.6 Å². The molecule has 0 spiro atoms. The van der Waals surface area contributed by atoms with Gasteiger partial charge >= 0.3 is 0 Å². The molecule has 3 N–H and O–H groups in total. The van der Waals surface area contributed by atoms with Gasteiger partial charge in [0.15, 0.2) is 5.82 Å². The van der Waals surface area contributed by atoms with Crippen LogP contribution < -0.4 is 10.5 Å². The molecule has 0 aliphatic rings. The number of carbonyl (C=O) groups is 1. The third kappa shape index (κ3) is 4.26. The number of non-ortho nitro benzene ring substituents is 1. The highest BCUT2D eigenvalue weighted by atomic mass is 32.2. The zero-order valence-corrected chi connectivity index (χ0v) is 12.6. The van der Waals surface area contributed by atoms with Gasteiger partial charge in [-0.3, -0.25) is 24.3 Å². The van der Waals surface area contributed by atoms with Crippen LogP contribution in [0.25, 0.3) is 0 Å². The number of anilines is 1. The van der Waals surface area contributed by atoms with Gasteiger partial charge in [0.1, 0.15) is 0 Å². The molecule has 0 aliphatic heterocycles. The third-order valence-corrected chi connectivity index (χ3v) is 4.16. The van der Waals surface area contributed by atoms with Crippen LogP contribution in [0.5, 0.6) is 0 Å². The number of nitro groups is 1. The second-order valence-corrected chi connectivity index (χ2v) is 6.22. The van der Waals surface area contributed by atoms with Gasteiger partial charge in [-0.1, -0.05) is 6.07 Å². The molecule has 1 aromatic carbocycles. The molecule has 0 fully saturated rings. The van der Waals surface area contributed by atoms with Crippen molar-refractivity contribution < 1.29 is 18.1 Å². The van der Waals surface area contributed by atoms with Gasteiger partial charge in [-0.15, -0.1) is 0 Å². The molecule has 1 amide bonds. The van der Waals surface area contributed by atoms with Crippen molar-refractivity contribution in [2.75, 3.05) is 4.72 Å². The molecule has 0 aliphatic carbocycles. The van der Waals surface area contributed by atoms with E-state index in [-0.39, 0.29) is 29.4 Å². The molecule has 1 heterocycles. The fourth-order valence-corrected chi connectivity index (χ4v) is 2.76. The first-order chi connectivity index (χ1) is 10.8. The fourth-order valence-electron chi connectivity index (χ4n) is 1.73. The lowest BCUT2D eigenvalue weighted by atomic mass is 10.3. The third-order valence-electron chi connectivity index (χ3n) is 2.81. The summed E-state index contributed by atoms with van der Waals surface area (Å²) >= 11 is 0. The number of benzene rings is 1. The Hall–Kier alpha value is -2.95. The van der Waals surface area contributed by atoms with Crippen LogP contribution in [0, 0.1) is 10.1 Å². The average molecular weight is 339 g/mol. The van der Waals surface area contributed by atoms with Crippen molar-refractivity contribution in [2.24, 2.45) is 5.73 Å². The minimum Gasteiger partial charge on any atom is -0.370 e. The Bertz CT molecular complexity index is 845. The van der Waals surface area contributed by atoms with Crippen LogP contribution >= 0.6 is 0 Å². The molecular weight excluding hydrogens is 326 g/mol. The normalized spacial score (nSPS) is 11.1. The van der Waals surface area contributed by atoms with E-state index in [0.717, 1.165) is 6.07 Å². The van der Waals surface area contributed by atoms with E-state index in [0.29, 0.717) is 0 Å². The molecule has 0 atom stereocenters. The molecule has 23 heavy (non-hydrogen) atoms. The summed E-state index contributed by atoms with van der Waals surface area (Å²) < 4.78 is 28.0. The van der Waals surface area contributed by atoms with E-state index >= 15 is 0 Å². The van der Waals surface area contributed by atoms with Gasteiger partial charge in [0.25, 0.3) is 15.7 Å². The van der Waals surface area contributed by atoms with Gasteiger partial charge in [-0.25, -0.2) is 8.42 Å². The minimum atomic E-state index is -4.01. The molecule has 0 bridgehead atoms. The summed E-state index contributed by atoms with van der Waals surface area (Å²) in [6.45, 7) is 0.216. The number of sulfonamides is 1. The molecule has 2 rings (SSSR count). The maximum Gasteiger partial charge on any atom is 0.270 e. The number of aromatic nitrogens is 2. The van der Waals surface area contributed by atoms with Gasteiger partial charge in [0.2, 0.25) is 5.91 Å². The number of aryl methyl sites for hydroxylation is 1. The molecule has 0 saturated carbocycles. The Kier molecular flexibility index (Phi) is 4.60. The maximum absolute atomic E-state index is 12.2. The SMILES string of the molecule is NC(=O)CCn1ccc(NS(=O)(=O)c2cccc([N+](=O)[O-])c2)n1. The quantitative estimate of drug-likeness (QED) is 0.553. The van der Waals surface area contributed by atoms with E-state index in [1.54, 1.807) is 0 Å². The Morgan fingerprint density at radius 1 is 1.39 bits per heavy atom. The van der Waals surface area contributed by atoms with Crippen LogP contribution in [0.15, 0.2) is 41.4 Å². The molecule has 0 unspecified atom stereocenters. The smallest absolute Gasteiger partial charge is 0.270 e. The standard InChI is InChI=1S/C12H13N5O5S/c13-11(18)4-6-16-7-5-12(14-16)15-23(21,22)10-3-1-2-9(8-10)17(19)20/h1-3,5,7-8H,4,6H2,(H2,13,18)(H,14,15). The number of nitrogens with two attached hydrogens (primary N) is 1. The number of nitro benzene ring substituents is 1. The van der Waals surface area contributed by atoms with E-state index in [2.05, 4.69) is 9.82 Å². The van der Waals surface area contributed by atoms with Crippen molar-refractivity contribution in [2.45, 2.75) is 17.9 Å². The number of hydrogen-bond acceptors (Lipinski definition) is 6. The van der Waals surface area contributed by atoms with E-state index in [4.69, 9.17) is 5.73 Å². The highest BCUT2D eigenvalue weighted by Gasteiger charge is 2.18. The number of hydrogen-bond donors (Lipinski definition) is 2. The van der Waals surface area contributed by atoms with Crippen LogP contribution in [0.3, 0.4) is 0 Å². The van der Waals surface area contributed by atoms with Crippen LogP contribution in [0.1, 0.15) is 6.42 Å². The summed E-state index contributed by atoms with van der Waals surface area (Å²) in [6, 6.07) is 6.05. The average Bonchev–Trinajstić information content (AvgIpc) is 2.92. The summed E-state index contributed by atoms with van der Waals surface area (Å²) in [5.41, 5.74) is 4.68. The Morgan fingerprint density at radius 3 is 2.78 bits per heavy atom. The number of primary amides is 1. The van der Waals surface area contributed by atoms with E-state index in [1.165, 1.54) is 35.1 Å². The highest BCUT2D eigenvalue weighted by Crippen LogP contribution is 2.19. The lowest BCUT2D eigenvalue weighted by molar-refractivity contribution is -0.385. The van der Waals surface area contributed by atoms with Crippen molar-refractivity contribution >= 4 is 27.4 Å². The topological polar surface area (TPSA) is 150 Å². The van der Waals surface area contributed by atoms with Crippen molar-refractivity contribution in [1.29, 1.82) is 0 Å². The molecule has 0 radical (unpaired) electrons. The predicted octanol–water partition coefficient (Wildman–Crippen LogP) is 0.467. The number of nitrogens with zero attached hydrogens (tertiary/aromatic N) is 3. The van der Waals surface area contributed by atoms with Crippen LogP contribution in [-0.4, -0.2) is 29.0 Å². The van der Waals surface area contributed by atoms with Crippen LogP contribution in [-0.2, 0) is 21.4 Å². The lowest BCUT2D eigenvalue weighted by Crippen LogP contribution is -2.15. The fraction of sp³-hybridized carbons (Fsp3) is 0.167. The highest BCUT2D eigenvalue weighted by molar-refractivity contribution is 7.92. The molecule has 10 nitrogen and oxygen atoms in total. The Balaban J connectivity index is 2.17. The number of amides is 1. The van der Waals surface area contributed by atoms with Crippen LogP contribution in [0.2, 0.25) is 0 Å². The zero-order valence-electron chi connectivity index (χ0n) is 11.7. The first-order valence-corrected chi connectivity index (χ1v) is 7.85. The number of rotatable bonds is 7. The van der Waals surface area contributed by atoms with Crippen molar-refractivity contribution in [3.8, 4) is 0 Å². The number of nitrogens with one attached hydrogen (secondary N) is 1. The molecule has 1 aromatic heterocycles. The molecule has 122 valence electrons. The summed E-state index contributed by atoms with van der Waals surface area (Å²) in [5.74, 6) is -0.472. The van der Waals surface area contributed by atoms with Crippen molar-refractivity contribution in [1.82, 2.24) is 9.78 Å². The summed E-state index contributed by atoms with van der Waals surface area (Å²) in [6.07, 6.45) is 1.55. The predicted molar refractivity (Wildman–Crippen MR) is 79.9 cm³/mol. The van der Waals surface area contributed by atoms with E-state index in [1.807, 2.05) is 0 Å². The van der Waals surface area contributed by atoms with Gasteiger partial charge in [-0.2, -0.15) is 5.10 Å². The molecule has 2 aromatic rings. The minimum absolute atomic E-state index is 0.0287. The summed E-state index contributed by atoms with van der Waals surface area (Å²) in [5, 5.41) is 14.6. The second kappa shape index (κ2) is 6.44. The Morgan fingerprint density at radius 2 is 2.13 bits per heavy atom. The number of carbonyl (C=O) groups excluding carboxylic acids is 1. The van der Waals surface area contributed by atoms with Gasteiger partial charge in [-0.05, 0) is 6.07 Å². The van der Waals surface area contributed by atoms with Crippen molar-refractivity contribution in [3.63, 3.8) is 0 Å². The van der Waals surface area contributed by atoms with E-state index in [9.17, 15) is 23.3 Å². The molecule has 11 heteroatoms. The monoisotopic (exact) mass is 339 g/mol. The first kappa shape index (κ1) is 16.4. The molecular formula is C12H13N5O5S. The lowest BCUT2D eigenvalue weighted by Gasteiger charge is -2.05. The van der Waals surface area contributed by atoms with Gasteiger partial charge in [0.05, 0.1) is 9.82 Å². The van der Waals surface area contributed by atoms with Crippen LogP contribution in [0.4, 0.5) is 11.5 Å². The Labute approximate surface area is 131 Å². The molecule has 0 saturated heterocycles. The maximum atomic E-state index is 12.2. The first-order valence-electron chi connectivity index (χ1n) is 6.37. The van der Waals surface area contributed by atoms with Gasteiger partial charge in [0, 0.05) is 37.4 Å². The van der Waals surface area contributed by atoms with Gasteiger partial charge < -0.3 is 5.73 Å². The second-order valence-electron chi connectivity index (χ2n) is 4.54. The summed E-state index contributed by atoms with van der Waals surface area (Å²) in [7, 11) is -4.01. The van der Waals surface area contributed by atoms with E-state index < -0.39 is 20.9 Å². The summed E-state index contributed by atoms with van der Waals surface area (Å²) in [4.78, 5) is 20.5. The zero-order chi connectivity index (χ0) is 17.0. The largest absolute Gasteiger partial charge is 0.370 e.